The number of rotatable bonds is 3. The third-order valence-electron chi connectivity index (χ3n) is 3.64. The Morgan fingerprint density at radius 1 is 1.25 bits per heavy atom. The van der Waals surface area contributed by atoms with E-state index >= 15 is 0 Å². The van der Waals surface area contributed by atoms with Crippen molar-refractivity contribution in [3.63, 3.8) is 0 Å². The van der Waals surface area contributed by atoms with Crippen molar-refractivity contribution in [1.29, 1.82) is 0 Å². The molecule has 1 N–H and O–H groups in total. The molecule has 94 valence electrons. The van der Waals surface area contributed by atoms with Gasteiger partial charge in [-0.15, -0.1) is 0 Å². The highest BCUT2D eigenvalue weighted by atomic mass is 16.6. The lowest BCUT2D eigenvalue weighted by Crippen LogP contribution is -2.31. The maximum Gasteiger partial charge on any atom is 0.176 e. The molecule has 0 aromatic rings. The van der Waals surface area contributed by atoms with Crippen LogP contribution < -0.4 is 0 Å². The molecule has 0 aromatic heterocycles. The van der Waals surface area contributed by atoms with Gasteiger partial charge in [0.1, 0.15) is 0 Å². The van der Waals surface area contributed by atoms with Crippen LogP contribution in [-0.4, -0.2) is 17.5 Å². The van der Waals surface area contributed by atoms with Gasteiger partial charge in [0.15, 0.2) is 6.29 Å². The normalized spacial score (nSPS) is 28.8. The largest absolute Gasteiger partial charge is 0.364 e. The Bertz CT molecular complexity index is 232. The molecule has 0 aliphatic heterocycles. The highest BCUT2D eigenvalue weighted by Gasteiger charge is 2.30. The molecule has 1 aliphatic rings. The Hall–Kier alpha value is -0.340. The van der Waals surface area contributed by atoms with E-state index < -0.39 is 6.29 Å². The third-order valence-corrected chi connectivity index (χ3v) is 3.64. The van der Waals surface area contributed by atoms with Crippen LogP contribution >= 0.6 is 0 Å². The van der Waals surface area contributed by atoms with Gasteiger partial charge in [-0.1, -0.05) is 27.4 Å². The van der Waals surface area contributed by atoms with E-state index in [0.717, 1.165) is 18.8 Å². The second kappa shape index (κ2) is 5.33. The van der Waals surface area contributed by atoms with Gasteiger partial charge in [0.05, 0.1) is 6.10 Å². The van der Waals surface area contributed by atoms with E-state index in [9.17, 15) is 5.11 Å². The van der Waals surface area contributed by atoms with Gasteiger partial charge < -0.3 is 9.84 Å². The number of aliphatic hydroxyl groups is 1. The summed E-state index contributed by atoms with van der Waals surface area (Å²) in [6.45, 7) is 12.4. The zero-order chi connectivity index (χ0) is 12.3. The molecule has 0 aromatic carbocycles. The SMILES string of the molecule is C=C(C)C(O)OC1CCC(C(C)(C)C)CC1. The molecule has 1 atom stereocenters. The summed E-state index contributed by atoms with van der Waals surface area (Å²) < 4.78 is 5.57. The second-order valence-electron chi connectivity index (χ2n) is 6.17. The average molecular weight is 226 g/mol. The highest BCUT2D eigenvalue weighted by Crippen LogP contribution is 2.38. The Kier molecular flexibility index (Phi) is 4.57. The van der Waals surface area contributed by atoms with Crippen LogP contribution in [0.3, 0.4) is 0 Å². The molecule has 0 spiro atoms. The van der Waals surface area contributed by atoms with E-state index in [1.165, 1.54) is 12.8 Å². The van der Waals surface area contributed by atoms with Gasteiger partial charge in [-0.05, 0) is 49.5 Å². The van der Waals surface area contributed by atoms with E-state index in [1.807, 2.05) is 0 Å². The predicted octanol–water partition coefficient (Wildman–Crippen LogP) is 3.50. The van der Waals surface area contributed by atoms with Gasteiger partial charge in [0, 0.05) is 0 Å². The molecule has 0 bridgehead atoms. The van der Waals surface area contributed by atoms with Gasteiger partial charge in [0.2, 0.25) is 0 Å². The Morgan fingerprint density at radius 3 is 2.12 bits per heavy atom. The first-order chi connectivity index (χ1) is 7.30. The summed E-state index contributed by atoms with van der Waals surface area (Å²) in [7, 11) is 0. The van der Waals surface area contributed by atoms with Crippen LogP contribution in [0.25, 0.3) is 0 Å². The minimum Gasteiger partial charge on any atom is -0.364 e. The summed E-state index contributed by atoms with van der Waals surface area (Å²) >= 11 is 0. The van der Waals surface area contributed by atoms with Crippen molar-refractivity contribution in [3.05, 3.63) is 12.2 Å². The molecule has 1 rings (SSSR count). The molecule has 1 aliphatic carbocycles. The molecule has 0 saturated heterocycles. The maximum atomic E-state index is 9.58. The van der Waals surface area contributed by atoms with E-state index in [2.05, 4.69) is 27.4 Å². The fraction of sp³-hybridized carbons (Fsp3) is 0.857. The topological polar surface area (TPSA) is 29.5 Å². The Labute approximate surface area is 99.7 Å². The fourth-order valence-corrected chi connectivity index (χ4v) is 2.36. The molecular formula is C14H26O2. The first-order valence-electron chi connectivity index (χ1n) is 6.29. The van der Waals surface area contributed by atoms with Crippen molar-refractivity contribution >= 4 is 0 Å². The molecule has 16 heavy (non-hydrogen) atoms. The third kappa shape index (κ3) is 3.91. The summed E-state index contributed by atoms with van der Waals surface area (Å²) in [5.41, 5.74) is 1.09. The summed E-state index contributed by atoms with van der Waals surface area (Å²) in [5.74, 6) is 0.786. The molecule has 1 fully saturated rings. The molecule has 0 amide bonds. The average Bonchev–Trinajstić information content (AvgIpc) is 2.17. The quantitative estimate of drug-likeness (QED) is 0.589. The second-order valence-corrected chi connectivity index (χ2v) is 6.17. The van der Waals surface area contributed by atoms with Crippen LogP contribution in [0.15, 0.2) is 12.2 Å². The maximum absolute atomic E-state index is 9.58. The lowest BCUT2D eigenvalue weighted by atomic mass is 9.72. The fourth-order valence-electron chi connectivity index (χ4n) is 2.36. The van der Waals surface area contributed by atoms with Crippen LogP contribution in [0, 0.1) is 11.3 Å². The first-order valence-corrected chi connectivity index (χ1v) is 6.29. The lowest BCUT2D eigenvalue weighted by molar-refractivity contribution is -0.126. The molecule has 0 radical (unpaired) electrons. The minimum absolute atomic E-state index is 0.213. The van der Waals surface area contributed by atoms with E-state index in [1.54, 1.807) is 6.92 Å². The molecular weight excluding hydrogens is 200 g/mol. The molecule has 1 saturated carbocycles. The standard InChI is InChI=1S/C14H26O2/c1-10(2)13(15)16-12-8-6-11(7-9-12)14(3,4)5/h11-13,15H,1,6-9H2,2-5H3. The van der Waals surface area contributed by atoms with Crippen molar-refractivity contribution in [2.24, 2.45) is 11.3 Å². The summed E-state index contributed by atoms with van der Waals surface area (Å²) in [6, 6.07) is 0. The summed E-state index contributed by atoms with van der Waals surface area (Å²) in [6.07, 6.45) is 3.97. The Morgan fingerprint density at radius 2 is 1.75 bits per heavy atom. The molecule has 2 heteroatoms. The molecule has 0 heterocycles. The van der Waals surface area contributed by atoms with E-state index in [-0.39, 0.29) is 6.10 Å². The number of ether oxygens (including phenoxy) is 1. The van der Waals surface area contributed by atoms with Gasteiger partial charge in [0.25, 0.3) is 0 Å². The van der Waals surface area contributed by atoms with Crippen molar-refractivity contribution in [2.75, 3.05) is 0 Å². The monoisotopic (exact) mass is 226 g/mol. The molecule has 1 unspecified atom stereocenters. The van der Waals surface area contributed by atoms with E-state index in [4.69, 9.17) is 4.74 Å². The van der Waals surface area contributed by atoms with E-state index in [0.29, 0.717) is 11.0 Å². The van der Waals surface area contributed by atoms with Crippen LogP contribution in [0.5, 0.6) is 0 Å². The predicted molar refractivity (Wildman–Crippen MR) is 67.1 cm³/mol. The highest BCUT2D eigenvalue weighted by molar-refractivity contribution is 4.92. The molecule has 2 nitrogen and oxygen atoms in total. The van der Waals surface area contributed by atoms with Gasteiger partial charge in [-0.3, -0.25) is 0 Å². The van der Waals surface area contributed by atoms with Crippen LogP contribution in [-0.2, 0) is 4.74 Å². The van der Waals surface area contributed by atoms with Crippen LogP contribution in [0.4, 0.5) is 0 Å². The van der Waals surface area contributed by atoms with Crippen LogP contribution in [0.2, 0.25) is 0 Å². The summed E-state index contributed by atoms with van der Waals surface area (Å²) in [4.78, 5) is 0. The van der Waals surface area contributed by atoms with Crippen molar-refractivity contribution < 1.29 is 9.84 Å². The zero-order valence-corrected chi connectivity index (χ0v) is 11.1. The first kappa shape index (κ1) is 13.7. The lowest BCUT2D eigenvalue weighted by Gasteiger charge is -2.37. The van der Waals surface area contributed by atoms with Crippen molar-refractivity contribution in [3.8, 4) is 0 Å². The van der Waals surface area contributed by atoms with Gasteiger partial charge in [-0.2, -0.15) is 0 Å². The van der Waals surface area contributed by atoms with Crippen molar-refractivity contribution in [2.45, 2.75) is 65.8 Å². The zero-order valence-electron chi connectivity index (χ0n) is 11.1. The van der Waals surface area contributed by atoms with Crippen LogP contribution in [0.1, 0.15) is 53.4 Å². The smallest absolute Gasteiger partial charge is 0.176 e. The number of aliphatic hydroxyl groups excluding tert-OH is 1. The van der Waals surface area contributed by atoms with Gasteiger partial charge >= 0.3 is 0 Å². The number of hydrogen-bond donors (Lipinski definition) is 1. The Balaban J connectivity index is 2.35. The minimum atomic E-state index is -0.781. The van der Waals surface area contributed by atoms with Crippen molar-refractivity contribution in [1.82, 2.24) is 0 Å². The summed E-state index contributed by atoms with van der Waals surface area (Å²) in [5, 5.41) is 9.58. The van der Waals surface area contributed by atoms with Gasteiger partial charge in [-0.25, -0.2) is 0 Å². The number of hydrogen-bond acceptors (Lipinski definition) is 2.